The molecule has 0 radical (unpaired) electrons. The van der Waals surface area contributed by atoms with Crippen LogP contribution in [-0.2, 0) is 11.0 Å². The molecule has 1 unspecified atom stereocenters. The van der Waals surface area contributed by atoms with E-state index in [0.29, 0.717) is 28.5 Å². The van der Waals surface area contributed by atoms with Gasteiger partial charge in [-0.1, -0.05) is 31.6 Å². The fourth-order valence-electron chi connectivity index (χ4n) is 3.33. The zero-order valence-corrected chi connectivity index (χ0v) is 20.2. The van der Waals surface area contributed by atoms with Crippen LogP contribution in [0.25, 0.3) is 17.0 Å². The van der Waals surface area contributed by atoms with Crippen molar-refractivity contribution in [2.75, 3.05) is 6.61 Å². The zero-order valence-electron chi connectivity index (χ0n) is 20.2. The van der Waals surface area contributed by atoms with Gasteiger partial charge >= 0.3 is 0 Å². The Morgan fingerprint density at radius 1 is 1.29 bits per heavy atom. The van der Waals surface area contributed by atoms with Crippen molar-refractivity contribution >= 4 is 11.8 Å². The molecule has 3 aromatic rings. The van der Waals surface area contributed by atoms with Crippen LogP contribution in [0.3, 0.4) is 0 Å². The van der Waals surface area contributed by atoms with Crippen LogP contribution in [0, 0.1) is 5.92 Å². The van der Waals surface area contributed by atoms with E-state index in [1.807, 2.05) is 26.0 Å². The molecule has 0 saturated heterocycles. The van der Waals surface area contributed by atoms with Crippen molar-refractivity contribution in [1.29, 1.82) is 0 Å². The summed E-state index contributed by atoms with van der Waals surface area (Å²) < 4.78 is 7.28. The van der Waals surface area contributed by atoms with Crippen LogP contribution in [0.1, 0.15) is 51.7 Å². The molecule has 10 nitrogen and oxygen atoms in total. The van der Waals surface area contributed by atoms with Gasteiger partial charge in [0.1, 0.15) is 5.82 Å². The van der Waals surface area contributed by atoms with Crippen molar-refractivity contribution in [3.8, 4) is 11.5 Å². The summed E-state index contributed by atoms with van der Waals surface area (Å²) in [4.78, 5) is 13.3. The van der Waals surface area contributed by atoms with E-state index in [1.54, 1.807) is 23.3 Å². The molecular weight excluding hydrogens is 432 g/mol. The second-order valence-electron chi connectivity index (χ2n) is 9.23. The van der Waals surface area contributed by atoms with E-state index in [2.05, 4.69) is 47.6 Å². The fraction of sp³-hybridized carbons (Fsp3) is 0.375. The van der Waals surface area contributed by atoms with Gasteiger partial charge in [-0.05, 0) is 38.3 Å². The van der Waals surface area contributed by atoms with Crippen molar-refractivity contribution in [3.05, 3.63) is 66.4 Å². The second-order valence-corrected chi connectivity index (χ2v) is 9.23. The Morgan fingerprint density at radius 3 is 2.59 bits per heavy atom. The molecule has 1 atom stereocenters. The predicted molar refractivity (Wildman–Crippen MR) is 131 cm³/mol. The standard InChI is InChI=1S/C24H32N8O2/c1-15(2)24(6,19-7-8-20(28-12-19)17(9-25)10-27-16(3)26)22-30-21(34-31-22)18-11-29-32(13-18)23(4,5)14-33/h7-13,15,33H,3,14,25-26H2,1-2,4-6H3/b17-9+,27-10?. The number of hydrogen-bond acceptors (Lipinski definition) is 9. The van der Waals surface area contributed by atoms with E-state index >= 15 is 0 Å². The highest BCUT2D eigenvalue weighted by Crippen LogP contribution is 2.38. The number of aromatic nitrogens is 5. The molecule has 10 heteroatoms. The molecule has 0 fully saturated rings. The van der Waals surface area contributed by atoms with Gasteiger partial charge in [0.2, 0.25) is 0 Å². The number of nitrogens with two attached hydrogens (primary N) is 2. The molecule has 0 bridgehead atoms. The second kappa shape index (κ2) is 9.60. The molecule has 0 saturated carbocycles. The average Bonchev–Trinajstić information content (AvgIpc) is 3.49. The van der Waals surface area contributed by atoms with Gasteiger partial charge in [0, 0.05) is 30.4 Å². The Hall–Kier alpha value is -3.79. The lowest BCUT2D eigenvalue weighted by Gasteiger charge is -2.30. The third kappa shape index (κ3) is 4.76. The highest BCUT2D eigenvalue weighted by molar-refractivity contribution is 6.09. The van der Waals surface area contributed by atoms with Crippen molar-refractivity contribution < 1.29 is 9.63 Å². The van der Waals surface area contributed by atoms with Crippen LogP contribution >= 0.6 is 0 Å². The van der Waals surface area contributed by atoms with Crippen LogP contribution in [0.4, 0.5) is 0 Å². The lowest BCUT2D eigenvalue weighted by molar-refractivity contribution is 0.152. The third-order valence-electron chi connectivity index (χ3n) is 6.09. The minimum Gasteiger partial charge on any atom is -0.404 e. The largest absolute Gasteiger partial charge is 0.404 e. The van der Waals surface area contributed by atoms with Crippen molar-refractivity contribution in [3.63, 3.8) is 0 Å². The Morgan fingerprint density at radius 2 is 2.03 bits per heavy atom. The Balaban J connectivity index is 1.95. The number of aliphatic hydroxyl groups is 1. The van der Waals surface area contributed by atoms with E-state index < -0.39 is 11.0 Å². The van der Waals surface area contributed by atoms with Gasteiger partial charge < -0.3 is 21.1 Å². The highest BCUT2D eigenvalue weighted by Gasteiger charge is 2.38. The molecule has 3 aromatic heterocycles. The van der Waals surface area contributed by atoms with Gasteiger partial charge in [-0.25, -0.2) is 4.99 Å². The SMILES string of the molecule is C=C(N)N=C/C(=C\N)c1ccc(C(C)(c2noc(-c3cnn(C(C)(C)CO)c3)n2)C(C)C)cn1. The van der Waals surface area contributed by atoms with Gasteiger partial charge in [-0.3, -0.25) is 9.67 Å². The Kier molecular flexibility index (Phi) is 7.01. The van der Waals surface area contributed by atoms with Crippen LogP contribution < -0.4 is 11.5 Å². The first-order chi connectivity index (χ1) is 16.0. The van der Waals surface area contributed by atoms with E-state index in [-0.39, 0.29) is 18.3 Å². The fourth-order valence-corrected chi connectivity index (χ4v) is 3.33. The lowest BCUT2D eigenvalue weighted by Crippen LogP contribution is -2.31. The zero-order chi connectivity index (χ0) is 25.1. The molecule has 3 rings (SSSR count). The number of rotatable bonds is 9. The molecule has 3 heterocycles. The summed E-state index contributed by atoms with van der Waals surface area (Å²) in [7, 11) is 0. The summed E-state index contributed by atoms with van der Waals surface area (Å²) in [6, 6.07) is 3.83. The number of hydrogen-bond donors (Lipinski definition) is 3. The summed E-state index contributed by atoms with van der Waals surface area (Å²) >= 11 is 0. The first kappa shape index (κ1) is 24.8. The maximum Gasteiger partial charge on any atom is 0.261 e. The van der Waals surface area contributed by atoms with E-state index in [4.69, 9.17) is 21.0 Å². The van der Waals surface area contributed by atoms with Gasteiger partial charge in [-0.15, -0.1) is 0 Å². The first-order valence-corrected chi connectivity index (χ1v) is 10.9. The van der Waals surface area contributed by atoms with Crippen LogP contribution in [-0.4, -0.2) is 42.8 Å². The molecule has 180 valence electrons. The smallest absolute Gasteiger partial charge is 0.261 e. The number of nitrogens with zero attached hydrogens (tertiary/aromatic N) is 6. The molecule has 0 aliphatic carbocycles. The summed E-state index contributed by atoms with van der Waals surface area (Å²) in [6.07, 6.45) is 8.15. The lowest BCUT2D eigenvalue weighted by atomic mass is 9.73. The maximum absolute atomic E-state index is 9.60. The van der Waals surface area contributed by atoms with Gasteiger partial charge in [0.05, 0.1) is 35.0 Å². The normalized spacial score (nSPS) is 14.6. The first-order valence-electron chi connectivity index (χ1n) is 10.9. The monoisotopic (exact) mass is 464 g/mol. The maximum atomic E-state index is 9.60. The summed E-state index contributed by atoms with van der Waals surface area (Å²) in [6.45, 7) is 13.5. The van der Waals surface area contributed by atoms with Gasteiger partial charge in [0.25, 0.3) is 5.89 Å². The molecule has 0 aliphatic rings. The number of aliphatic hydroxyl groups excluding tert-OH is 1. The van der Waals surface area contributed by atoms with Gasteiger partial charge in [-0.2, -0.15) is 10.1 Å². The quantitative estimate of drug-likeness (QED) is 0.408. The summed E-state index contributed by atoms with van der Waals surface area (Å²) in [5.41, 5.74) is 13.0. The number of pyridine rings is 1. The van der Waals surface area contributed by atoms with Gasteiger partial charge in [0.15, 0.2) is 5.82 Å². The van der Waals surface area contributed by atoms with E-state index in [9.17, 15) is 5.11 Å². The average molecular weight is 465 g/mol. The van der Waals surface area contributed by atoms with Crippen LogP contribution in [0.15, 0.2) is 58.8 Å². The van der Waals surface area contributed by atoms with Crippen molar-refractivity contribution in [2.45, 2.75) is 45.6 Å². The Bertz CT molecular complexity index is 1200. The summed E-state index contributed by atoms with van der Waals surface area (Å²) in [5.74, 6) is 1.21. The topological polar surface area (TPSA) is 154 Å². The summed E-state index contributed by atoms with van der Waals surface area (Å²) in [5, 5.41) is 18.2. The highest BCUT2D eigenvalue weighted by atomic mass is 16.5. The van der Waals surface area contributed by atoms with E-state index in [0.717, 1.165) is 5.56 Å². The van der Waals surface area contributed by atoms with E-state index in [1.165, 1.54) is 12.4 Å². The molecule has 0 aliphatic heterocycles. The molecule has 34 heavy (non-hydrogen) atoms. The number of aliphatic imine (C=N–C) groups is 1. The molecular formula is C24H32N8O2. The number of allylic oxidation sites excluding steroid dienone is 1. The third-order valence-corrected chi connectivity index (χ3v) is 6.09. The molecule has 0 aromatic carbocycles. The molecule has 0 amide bonds. The predicted octanol–water partition coefficient (Wildman–Crippen LogP) is 2.82. The molecule has 5 N–H and O–H groups in total. The van der Waals surface area contributed by atoms with Crippen LogP contribution in [0.2, 0.25) is 0 Å². The molecule has 0 spiro atoms. The minimum atomic E-state index is -0.570. The van der Waals surface area contributed by atoms with Crippen LogP contribution in [0.5, 0.6) is 0 Å². The minimum absolute atomic E-state index is 0.0501. The van der Waals surface area contributed by atoms with Crippen molar-refractivity contribution in [2.24, 2.45) is 22.4 Å². The van der Waals surface area contributed by atoms with Crippen molar-refractivity contribution in [1.82, 2.24) is 24.9 Å². The Labute approximate surface area is 199 Å².